The molecule has 0 spiro atoms. The van der Waals surface area contributed by atoms with Crippen molar-refractivity contribution in [1.29, 1.82) is 0 Å². The van der Waals surface area contributed by atoms with Gasteiger partial charge in [-0.05, 0) is 37.8 Å². The van der Waals surface area contributed by atoms with Crippen molar-refractivity contribution in [3.05, 3.63) is 70.8 Å². The van der Waals surface area contributed by atoms with Gasteiger partial charge in [0.15, 0.2) is 0 Å². The number of aliphatic hydroxyl groups is 1. The van der Waals surface area contributed by atoms with Crippen LogP contribution in [-0.4, -0.2) is 5.11 Å². The van der Waals surface area contributed by atoms with Crippen LogP contribution in [-0.2, 0) is 5.60 Å². The molecule has 2 atom stereocenters. The Morgan fingerprint density at radius 2 is 1.62 bits per heavy atom. The van der Waals surface area contributed by atoms with Crippen molar-refractivity contribution < 1.29 is 5.11 Å². The Kier molecular flexibility index (Phi) is 3.86. The Balaban J connectivity index is 2.06. The highest BCUT2D eigenvalue weighted by Gasteiger charge is 2.41. The minimum absolute atomic E-state index is 0.202. The van der Waals surface area contributed by atoms with Gasteiger partial charge in [0.2, 0.25) is 0 Å². The molecule has 1 nitrogen and oxygen atoms in total. The monoisotopic (exact) mass is 280 g/mol. The van der Waals surface area contributed by atoms with Crippen LogP contribution in [0.25, 0.3) is 0 Å². The number of rotatable bonds is 2. The van der Waals surface area contributed by atoms with Gasteiger partial charge in [-0.15, -0.1) is 0 Å². The molecular weight excluding hydrogens is 256 g/mol. The third kappa shape index (κ3) is 2.75. The molecule has 0 amide bonds. The first-order valence-corrected chi connectivity index (χ1v) is 7.96. The van der Waals surface area contributed by atoms with Crippen LogP contribution in [0, 0.1) is 13.8 Å². The normalized spacial score (nSPS) is 25.8. The number of hydrogen-bond donors (Lipinski definition) is 1. The molecule has 2 unspecified atom stereocenters. The second-order valence-electron chi connectivity index (χ2n) is 6.51. The van der Waals surface area contributed by atoms with E-state index in [9.17, 15) is 5.11 Å². The molecule has 0 radical (unpaired) electrons. The van der Waals surface area contributed by atoms with E-state index in [0.717, 1.165) is 24.8 Å². The number of hydrogen-bond acceptors (Lipinski definition) is 1. The first-order chi connectivity index (χ1) is 10.1. The predicted octanol–water partition coefficient (Wildman–Crippen LogP) is 4.85. The molecule has 1 N–H and O–H groups in total. The summed E-state index contributed by atoms with van der Waals surface area (Å²) in [5.41, 5.74) is 4.09. The summed E-state index contributed by atoms with van der Waals surface area (Å²) in [5, 5.41) is 11.5. The standard InChI is InChI=1S/C20H24O/c1-15-12-16(2)14-18(13-15)20(21)11-7-6-10-19(20)17-8-4-3-5-9-17/h3-5,8-9,12-14,19,21H,6-7,10-11H2,1-2H3. The molecule has 2 aromatic rings. The Morgan fingerprint density at radius 1 is 0.952 bits per heavy atom. The molecule has 1 fully saturated rings. The van der Waals surface area contributed by atoms with Gasteiger partial charge in [-0.3, -0.25) is 0 Å². The lowest BCUT2D eigenvalue weighted by atomic mass is 9.68. The van der Waals surface area contributed by atoms with Crippen LogP contribution in [0.1, 0.15) is 53.9 Å². The van der Waals surface area contributed by atoms with E-state index in [2.05, 4.69) is 56.3 Å². The van der Waals surface area contributed by atoms with Crippen molar-refractivity contribution in [2.24, 2.45) is 0 Å². The van der Waals surface area contributed by atoms with Gasteiger partial charge in [0.1, 0.15) is 0 Å². The molecular formula is C20H24O. The van der Waals surface area contributed by atoms with E-state index in [-0.39, 0.29) is 5.92 Å². The maximum atomic E-state index is 11.5. The van der Waals surface area contributed by atoms with E-state index >= 15 is 0 Å². The fourth-order valence-electron chi connectivity index (χ4n) is 3.85. The molecule has 0 aliphatic heterocycles. The van der Waals surface area contributed by atoms with Gasteiger partial charge in [-0.1, -0.05) is 72.5 Å². The van der Waals surface area contributed by atoms with Gasteiger partial charge >= 0.3 is 0 Å². The Labute approximate surface area is 127 Å². The quantitative estimate of drug-likeness (QED) is 0.833. The topological polar surface area (TPSA) is 20.2 Å². The van der Waals surface area contributed by atoms with Crippen molar-refractivity contribution >= 4 is 0 Å². The second kappa shape index (κ2) is 5.65. The van der Waals surface area contributed by atoms with E-state index in [1.165, 1.54) is 23.1 Å². The molecule has 0 heterocycles. The molecule has 21 heavy (non-hydrogen) atoms. The lowest BCUT2D eigenvalue weighted by Crippen LogP contribution is -2.36. The molecule has 0 bridgehead atoms. The zero-order valence-electron chi connectivity index (χ0n) is 13.0. The lowest BCUT2D eigenvalue weighted by molar-refractivity contribution is -0.0225. The van der Waals surface area contributed by atoms with Crippen molar-refractivity contribution in [2.75, 3.05) is 0 Å². The van der Waals surface area contributed by atoms with Crippen LogP contribution >= 0.6 is 0 Å². The summed E-state index contributed by atoms with van der Waals surface area (Å²) in [6.07, 6.45) is 4.22. The first-order valence-electron chi connectivity index (χ1n) is 7.96. The number of benzene rings is 2. The molecule has 1 aliphatic rings. The van der Waals surface area contributed by atoms with E-state index in [0.29, 0.717) is 0 Å². The fraction of sp³-hybridized carbons (Fsp3) is 0.400. The molecule has 0 aromatic heterocycles. The SMILES string of the molecule is Cc1cc(C)cc(C2(O)CCCCC2c2ccccc2)c1. The highest BCUT2D eigenvalue weighted by atomic mass is 16.3. The summed E-state index contributed by atoms with van der Waals surface area (Å²) < 4.78 is 0. The van der Waals surface area contributed by atoms with Crippen molar-refractivity contribution in [3.63, 3.8) is 0 Å². The van der Waals surface area contributed by atoms with Crippen LogP contribution in [0.2, 0.25) is 0 Å². The molecule has 3 rings (SSSR count). The average Bonchev–Trinajstić information content (AvgIpc) is 2.47. The van der Waals surface area contributed by atoms with E-state index in [1.54, 1.807) is 0 Å². The summed E-state index contributed by atoms with van der Waals surface area (Å²) in [4.78, 5) is 0. The molecule has 110 valence electrons. The van der Waals surface area contributed by atoms with Gasteiger partial charge in [-0.2, -0.15) is 0 Å². The van der Waals surface area contributed by atoms with Gasteiger partial charge in [-0.25, -0.2) is 0 Å². The van der Waals surface area contributed by atoms with Crippen molar-refractivity contribution in [1.82, 2.24) is 0 Å². The van der Waals surface area contributed by atoms with Crippen LogP contribution in [0.3, 0.4) is 0 Å². The third-order valence-corrected chi connectivity index (χ3v) is 4.80. The van der Waals surface area contributed by atoms with Crippen LogP contribution in [0.4, 0.5) is 0 Å². The highest BCUT2D eigenvalue weighted by molar-refractivity contribution is 5.37. The lowest BCUT2D eigenvalue weighted by Gasteiger charge is -2.41. The molecule has 2 aromatic carbocycles. The highest BCUT2D eigenvalue weighted by Crippen LogP contribution is 2.47. The van der Waals surface area contributed by atoms with Gasteiger partial charge in [0, 0.05) is 5.92 Å². The summed E-state index contributed by atoms with van der Waals surface area (Å²) >= 11 is 0. The van der Waals surface area contributed by atoms with E-state index < -0.39 is 5.60 Å². The van der Waals surface area contributed by atoms with E-state index in [4.69, 9.17) is 0 Å². The Hall–Kier alpha value is -1.60. The zero-order chi connectivity index (χ0) is 14.9. The summed E-state index contributed by atoms with van der Waals surface area (Å²) in [7, 11) is 0. The predicted molar refractivity (Wildman–Crippen MR) is 87.5 cm³/mol. The molecule has 0 saturated heterocycles. The van der Waals surface area contributed by atoms with Gasteiger partial charge in [0.05, 0.1) is 5.60 Å². The minimum atomic E-state index is -0.726. The maximum Gasteiger partial charge on any atom is 0.0964 e. The fourth-order valence-corrected chi connectivity index (χ4v) is 3.85. The van der Waals surface area contributed by atoms with Crippen molar-refractivity contribution in [2.45, 2.75) is 51.0 Å². The summed E-state index contributed by atoms with van der Waals surface area (Å²) in [6.45, 7) is 4.22. The third-order valence-electron chi connectivity index (χ3n) is 4.80. The van der Waals surface area contributed by atoms with Crippen LogP contribution in [0.15, 0.2) is 48.5 Å². The molecule has 1 heteroatoms. The van der Waals surface area contributed by atoms with Gasteiger partial charge < -0.3 is 5.11 Å². The van der Waals surface area contributed by atoms with Crippen LogP contribution in [0.5, 0.6) is 0 Å². The largest absolute Gasteiger partial charge is 0.385 e. The van der Waals surface area contributed by atoms with Crippen LogP contribution < -0.4 is 0 Å². The smallest absolute Gasteiger partial charge is 0.0964 e. The average molecular weight is 280 g/mol. The maximum absolute atomic E-state index is 11.5. The number of aryl methyl sites for hydroxylation is 2. The van der Waals surface area contributed by atoms with Gasteiger partial charge in [0.25, 0.3) is 0 Å². The molecule has 1 aliphatic carbocycles. The Bertz CT molecular complexity index is 597. The summed E-state index contributed by atoms with van der Waals surface area (Å²) in [6, 6.07) is 17.0. The second-order valence-corrected chi connectivity index (χ2v) is 6.51. The van der Waals surface area contributed by atoms with E-state index in [1.807, 2.05) is 6.07 Å². The zero-order valence-corrected chi connectivity index (χ0v) is 13.0. The molecule has 1 saturated carbocycles. The van der Waals surface area contributed by atoms with Crippen molar-refractivity contribution in [3.8, 4) is 0 Å². The first kappa shape index (κ1) is 14.3. The summed E-state index contributed by atoms with van der Waals surface area (Å²) in [5.74, 6) is 0.202. The minimum Gasteiger partial charge on any atom is -0.385 e. The Morgan fingerprint density at radius 3 is 2.29 bits per heavy atom.